The zero-order chi connectivity index (χ0) is 23.6. The SMILES string of the molecule is Cc1cc(NC(=O)C(c2ccccc2)N2CCN(S(=O)(=O)N3CC(C)OC(C)C3)CC2)no1. The third-order valence-corrected chi connectivity index (χ3v) is 7.89. The van der Waals surface area contributed by atoms with Gasteiger partial charge in [0.2, 0.25) is 5.91 Å². The number of amides is 1. The van der Waals surface area contributed by atoms with Gasteiger partial charge in [-0.25, -0.2) is 0 Å². The lowest BCUT2D eigenvalue weighted by molar-refractivity contribution is -0.122. The Morgan fingerprint density at radius 2 is 1.70 bits per heavy atom. The first kappa shape index (κ1) is 23.8. The number of anilines is 1. The molecule has 33 heavy (non-hydrogen) atoms. The van der Waals surface area contributed by atoms with E-state index in [0.29, 0.717) is 50.8 Å². The molecule has 1 aromatic heterocycles. The Morgan fingerprint density at radius 3 is 2.27 bits per heavy atom. The summed E-state index contributed by atoms with van der Waals surface area (Å²) in [6, 6.07) is 10.6. The average molecular weight is 478 g/mol. The number of nitrogens with zero attached hydrogens (tertiary/aromatic N) is 4. The molecule has 2 aliphatic rings. The van der Waals surface area contributed by atoms with Gasteiger partial charge >= 0.3 is 0 Å². The molecule has 4 rings (SSSR count). The van der Waals surface area contributed by atoms with E-state index in [1.807, 2.05) is 49.1 Å². The molecule has 2 fully saturated rings. The van der Waals surface area contributed by atoms with Crippen LogP contribution in [0.15, 0.2) is 40.9 Å². The van der Waals surface area contributed by atoms with E-state index in [-0.39, 0.29) is 18.1 Å². The van der Waals surface area contributed by atoms with Gasteiger partial charge in [-0.2, -0.15) is 17.0 Å². The van der Waals surface area contributed by atoms with Crippen molar-refractivity contribution in [2.45, 2.75) is 39.0 Å². The third kappa shape index (κ3) is 5.44. The van der Waals surface area contributed by atoms with Crippen LogP contribution in [-0.2, 0) is 19.7 Å². The Morgan fingerprint density at radius 1 is 1.06 bits per heavy atom. The maximum absolute atomic E-state index is 13.2. The fourth-order valence-electron chi connectivity index (χ4n) is 4.46. The van der Waals surface area contributed by atoms with E-state index in [1.54, 1.807) is 13.0 Å². The summed E-state index contributed by atoms with van der Waals surface area (Å²) in [6.07, 6.45) is -0.285. The molecule has 10 nitrogen and oxygen atoms in total. The largest absolute Gasteiger partial charge is 0.373 e. The van der Waals surface area contributed by atoms with Crippen LogP contribution in [-0.4, -0.2) is 84.5 Å². The maximum atomic E-state index is 13.2. The molecular formula is C22H31N5O5S. The van der Waals surface area contributed by atoms with Crippen LogP contribution in [0.2, 0.25) is 0 Å². The Balaban J connectivity index is 1.47. The summed E-state index contributed by atoms with van der Waals surface area (Å²) in [5, 5.41) is 6.68. The van der Waals surface area contributed by atoms with E-state index in [2.05, 4.69) is 10.5 Å². The van der Waals surface area contributed by atoms with Gasteiger partial charge in [0.1, 0.15) is 11.8 Å². The summed E-state index contributed by atoms with van der Waals surface area (Å²) in [7, 11) is -3.59. The van der Waals surface area contributed by atoms with Crippen LogP contribution < -0.4 is 5.32 Å². The van der Waals surface area contributed by atoms with Crippen LogP contribution in [0.5, 0.6) is 0 Å². The molecule has 180 valence electrons. The highest BCUT2D eigenvalue weighted by molar-refractivity contribution is 7.86. The molecule has 2 saturated heterocycles. The minimum atomic E-state index is -3.59. The van der Waals surface area contributed by atoms with E-state index in [9.17, 15) is 13.2 Å². The lowest BCUT2D eigenvalue weighted by Gasteiger charge is -2.41. The molecular weight excluding hydrogens is 446 g/mol. The summed E-state index contributed by atoms with van der Waals surface area (Å²) < 4.78 is 40.2. The number of morpholine rings is 1. The molecule has 0 bridgehead atoms. The van der Waals surface area contributed by atoms with Crippen molar-refractivity contribution in [2.75, 3.05) is 44.6 Å². The summed E-state index contributed by atoms with van der Waals surface area (Å²) in [5.41, 5.74) is 0.836. The number of carbonyl (C=O) groups excluding carboxylic acids is 1. The van der Waals surface area contributed by atoms with Crippen LogP contribution in [0.25, 0.3) is 0 Å². The molecule has 1 N–H and O–H groups in total. The van der Waals surface area contributed by atoms with Gasteiger partial charge in [-0.05, 0) is 26.3 Å². The number of piperazine rings is 1. The quantitative estimate of drug-likeness (QED) is 0.674. The van der Waals surface area contributed by atoms with Crippen molar-refractivity contribution in [1.29, 1.82) is 0 Å². The number of rotatable bonds is 6. The zero-order valence-electron chi connectivity index (χ0n) is 19.2. The van der Waals surface area contributed by atoms with Gasteiger partial charge in [-0.3, -0.25) is 9.69 Å². The van der Waals surface area contributed by atoms with Crippen LogP contribution in [0.1, 0.15) is 31.2 Å². The van der Waals surface area contributed by atoms with Crippen LogP contribution in [0, 0.1) is 6.92 Å². The zero-order valence-corrected chi connectivity index (χ0v) is 20.0. The van der Waals surface area contributed by atoms with Crippen molar-refractivity contribution >= 4 is 21.9 Å². The molecule has 0 radical (unpaired) electrons. The van der Waals surface area contributed by atoms with Crippen molar-refractivity contribution in [2.24, 2.45) is 0 Å². The van der Waals surface area contributed by atoms with E-state index >= 15 is 0 Å². The first-order valence-corrected chi connectivity index (χ1v) is 12.6. The van der Waals surface area contributed by atoms with Crippen LogP contribution in [0.4, 0.5) is 5.82 Å². The molecule has 0 saturated carbocycles. The maximum Gasteiger partial charge on any atom is 0.282 e. The van der Waals surface area contributed by atoms with Gasteiger partial charge in [0.15, 0.2) is 5.82 Å². The second kappa shape index (κ2) is 9.90. The molecule has 1 aromatic carbocycles. The molecule has 0 spiro atoms. The molecule has 3 heterocycles. The highest BCUT2D eigenvalue weighted by Gasteiger charge is 2.39. The van der Waals surface area contributed by atoms with Crippen molar-refractivity contribution in [3.63, 3.8) is 0 Å². The fourth-order valence-corrected chi connectivity index (χ4v) is 6.21. The second-order valence-electron chi connectivity index (χ2n) is 8.64. The van der Waals surface area contributed by atoms with Gasteiger partial charge in [-0.1, -0.05) is 35.5 Å². The van der Waals surface area contributed by atoms with E-state index in [1.165, 1.54) is 8.61 Å². The van der Waals surface area contributed by atoms with Crippen molar-refractivity contribution < 1.29 is 22.5 Å². The number of benzene rings is 1. The Labute approximate surface area is 194 Å². The lowest BCUT2D eigenvalue weighted by Crippen LogP contribution is -2.58. The second-order valence-corrected chi connectivity index (χ2v) is 10.6. The molecule has 2 aliphatic heterocycles. The van der Waals surface area contributed by atoms with E-state index in [0.717, 1.165) is 5.56 Å². The molecule has 0 aliphatic carbocycles. The van der Waals surface area contributed by atoms with Crippen molar-refractivity contribution in [3.8, 4) is 0 Å². The molecule has 1 amide bonds. The highest BCUT2D eigenvalue weighted by Crippen LogP contribution is 2.26. The Kier molecular flexibility index (Phi) is 7.15. The van der Waals surface area contributed by atoms with Crippen LogP contribution >= 0.6 is 0 Å². The Bertz CT molecular complexity index is 1040. The number of aromatic nitrogens is 1. The monoisotopic (exact) mass is 477 g/mol. The van der Waals surface area contributed by atoms with Gasteiger partial charge in [-0.15, -0.1) is 0 Å². The summed E-state index contributed by atoms with van der Waals surface area (Å²) in [4.78, 5) is 15.2. The number of aryl methyl sites for hydroxylation is 1. The number of hydrogen-bond acceptors (Lipinski definition) is 7. The standard InChI is InChI=1S/C22H31N5O5S/c1-16-13-20(24-32-16)23-22(28)21(19-7-5-4-6-8-19)25-9-11-26(12-10-25)33(29,30)27-14-17(2)31-18(3)15-27/h4-8,13,17-18,21H,9-12,14-15H2,1-3H3,(H,23,24,28). The molecule has 2 aromatic rings. The first-order chi connectivity index (χ1) is 15.7. The number of carbonyl (C=O) groups is 1. The predicted octanol–water partition coefficient (Wildman–Crippen LogP) is 1.63. The topological polar surface area (TPSA) is 108 Å². The van der Waals surface area contributed by atoms with Crippen LogP contribution in [0.3, 0.4) is 0 Å². The van der Waals surface area contributed by atoms with Gasteiger partial charge in [0, 0.05) is 45.3 Å². The van der Waals surface area contributed by atoms with Gasteiger partial charge in [0.25, 0.3) is 10.2 Å². The summed E-state index contributed by atoms with van der Waals surface area (Å²) >= 11 is 0. The number of ether oxygens (including phenoxy) is 1. The van der Waals surface area contributed by atoms with Crippen molar-refractivity contribution in [1.82, 2.24) is 18.7 Å². The van der Waals surface area contributed by atoms with Gasteiger partial charge < -0.3 is 14.6 Å². The average Bonchev–Trinajstić information content (AvgIpc) is 3.19. The molecule has 3 atom stereocenters. The first-order valence-electron chi connectivity index (χ1n) is 11.2. The molecule has 11 heteroatoms. The van der Waals surface area contributed by atoms with Gasteiger partial charge in [0.05, 0.1) is 12.2 Å². The lowest BCUT2D eigenvalue weighted by atomic mass is 10.0. The smallest absolute Gasteiger partial charge is 0.282 e. The van der Waals surface area contributed by atoms with Crippen molar-refractivity contribution in [3.05, 3.63) is 47.7 Å². The molecule has 3 unspecified atom stereocenters. The normalized spacial score (nSPS) is 24.5. The number of nitrogens with one attached hydrogen (secondary N) is 1. The minimum absolute atomic E-state index is 0.142. The predicted molar refractivity (Wildman–Crippen MR) is 123 cm³/mol. The number of hydrogen-bond donors (Lipinski definition) is 1. The summed E-state index contributed by atoms with van der Waals surface area (Å²) in [6.45, 7) is 7.69. The van der Waals surface area contributed by atoms with E-state index in [4.69, 9.17) is 9.26 Å². The third-order valence-electron chi connectivity index (χ3n) is 5.92. The fraction of sp³-hybridized carbons (Fsp3) is 0.545. The summed E-state index contributed by atoms with van der Waals surface area (Å²) in [5.74, 6) is 0.726. The Hall–Kier alpha value is -2.31. The van der Waals surface area contributed by atoms with E-state index < -0.39 is 16.3 Å². The minimum Gasteiger partial charge on any atom is -0.373 e. The highest BCUT2D eigenvalue weighted by atomic mass is 32.2.